The maximum absolute atomic E-state index is 12.3. The average Bonchev–Trinajstić information content (AvgIpc) is 3.08. The largest absolute Gasteiger partial charge is 0.352 e. The molecule has 1 aromatic carbocycles. The summed E-state index contributed by atoms with van der Waals surface area (Å²) < 4.78 is 0. The van der Waals surface area contributed by atoms with Gasteiger partial charge < -0.3 is 11.1 Å². The van der Waals surface area contributed by atoms with Crippen molar-refractivity contribution in [2.75, 3.05) is 6.54 Å². The second-order valence-electron chi connectivity index (χ2n) is 6.45. The van der Waals surface area contributed by atoms with Gasteiger partial charge >= 0.3 is 0 Å². The first kappa shape index (κ1) is 19.2. The van der Waals surface area contributed by atoms with Crippen LogP contribution < -0.4 is 11.1 Å². The highest BCUT2D eigenvalue weighted by Gasteiger charge is 2.14. The van der Waals surface area contributed by atoms with Gasteiger partial charge in [-0.05, 0) is 25.0 Å². The van der Waals surface area contributed by atoms with Crippen LogP contribution in [0.2, 0.25) is 0 Å². The fourth-order valence-electron chi connectivity index (χ4n) is 2.94. The number of aromatic nitrogens is 2. The number of hydrogen-bond donors (Lipinski definition) is 2. The highest BCUT2D eigenvalue weighted by molar-refractivity contribution is 7.15. The number of rotatable bonds is 8. The van der Waals surface area contributed by atoms with Crippen molar-refractivity contribution < 1.29 is 4.79 Å². The van der Waals surface area contributed by atoms with Crippen LogP contribution in [-0.4, -0.2) is 28.5 Å². The van der Waals surface area contributed by atoms with Crippen LogP contribution >= 0.6 is 11.3 Å². The van der Waals surface area contributed by atoms with Gasteiger partial charge in [0, 0.05) is 43.4 Å². The number of carbonyl (C=O) groups excluding carboxylic acids is 1. The number of pyridine rings is 1. The minimum Gasteiger partial charge on any atom is -0.352 e. The van der Waals surface area contributed by atoms with E-state index < -0.39 is 0 Å². The number of amides is 1. The number of aryl methyl sites for hydroxylation is 2. The van der Waals surface area contributed by atoms with Crippen molar-refractivity contribution in [3.05, 3.63) is 71.1 Å². The van der Waals surface area contributed by atoms with Gasteiger partial charge in [-0.15, -0.1) is 11.3 Å². The van der Waals surface area contributed by atoms with Gasteiger partial charge in [-0.2, -0.15) is 0 Å². The van der Waals surface area contributed by atoms with Gasteiger partial charge in [0.2, 0.25) is 5.91 Å². The first-order valence-corrected chi connectivity index (χ1v) is 9.87. The number of thiazole rings is 1. The Balaban J connectivity index is 1.54. The van der Waals surface area contributed by atoms with E-state index in [1.54, 1.807) is 17.5 Å². The smallest absolute Gasteiger partial charge is 0.220 e. The average molecular weight is 381 g/mol. The van der Waals surface area contributed by atoms with E-state index in [1.165, 1.54) is 5.56 Å². The number of benzene rings is 1. The molecule has 2 aromatic heterocycles. The lowest BCUT2D eigenvalue weighted by Crippen LogP contribution is -2.41. The normalized spacial score (nSPS) is 11.9. The van der Waals surface area contributed by atoms with Crippen molar-refractivity contribution in [1.82, 2.24) is 15.3 Å². The van der Waals surface area contributed by atoms with E-state index in [1.807, 2.05) is 55.6 Å². The van der Waals surface area contributed by atoms with Gasteiger partial charge in [-0.3, -0.25) is 9.78 Å². The second kappa shape index (κ2) is 9.39. The summed E-state index contributed by atoms with van der Waals surface area (Å²) >= 11 is 1.63. The summed E-state index contributed by atoms with van der Waals surface area (Å²) in [5.74, 6) is 0.0113. The molecule has 0 saturated carbocycles. The molecule has 6 heteroatoms. The lowest BCUT2D eigenvalue weighted by Gasteiger charge is -2.16. The molecule has 1 atom stereocenters. The molecule has 0 radical (unpaired) electrons. The van der Waals surface area contributed by atoms with Gasteiger partial charge in [0.25, 0.3) is 0 Å². The summed E-state index contributed by atoms with van der Waals surface area (Å²) in [5, 5.41) is 4.01. The molecule has 5 nitrogen and oxygen atoms in total. The Bertz CT molecular complexity index is 864. The van der Waals surface area contributed by atoms with Gasteiger partial charge in [-0.25, -0.2) is 4.98 Å². The Labute approximate surface area is 163 Å². The summed E-state index contributed by atoms with van der Waals surface area (Å²) in [6.07, 6.45) is 5.37. The predicted octanol–water partition coefficient (Wildman–Crippen LogP) is 3.13. The van der Waals surface area contributed by atoms with Crippen LogP contribution in [0.1, 0.15) is 22.7 Å². The van der Waals surface area contributed by atoms with Crippen molar-refractivity contribution in [2.45, 2.75) is 32.2 Å². The molecular formula is C21H24N4OS. The zero-order chi connectivity index (χ0) is 19.1. The van der Waals surface area contributed by atoms with Crippen LogP contribution in [0.4, 0.5) is 0 Å². The van der Waals surface area contributed by atoms with Crippen LogP contribution in [0.15, 0.2) is 54.9 Å². The standard InChI is InChI=1S/C21H24N4OS/c1-15-21(17-8-5-11-23-14-17)27-20(24-15)10-9-19(26)25-18(13-22)12-16-6-3-2-4-7-16/h2-8,11,14,18H,9-10,12-13,22H2,1H3,(H,25,26). The SMILES string of the molecule is Cc1nc(CCC(=O)NC(CN)Cc2ccccc2)sc1-c1cccnc1. The molecule has 27 heavy (non-hydrogen) atoms. The monoisotopic (exact) mass is 380 g/mol. The molecule has 0 bridgehead atoms. The van der Waals surface area contributed by atoms with Crippen LogP contribution in [0.25, 0.3) is 10.4 Å². The highest BCUT2D eigenvalue weighted by Crippen LogP contribution is 2.29. The van der Waals surface area contributed by atoms with Gasteiger partial charge in [0.1, 0.15) is 0 Å². The highest BCUT2D eigenvalue weighted by atomic mass is 32.1. The molecule has 140 valence electrons. The van der Waals surface area contributed by atoms with E-state index >= 15 is 0 Å². The molecule has 0 aliphatic rings. The Hall–Kier alpha value is -2.57. The Morgan fingerprint density at radius 1 is 1.22 bits per heavy atom. The van der Waals surface area contributed by atoms with Crippen LogP contribution in [-0.2, 0) is 17.6 Å². The maximum Gasteiger partial charge on any atom is 0.220 e. The summed E-state index contributed by atoms with van der Waals surface area (Å²) in [5.41, 5.74) is 9.05. The molecule has 2 heterocycles. The van der Waals surface area contributed by atoms with E-state index in [-0.39, 0.29) is 11.9 Å². The molecule has 1 amide bonds. The van der Waals surface area contributed by atoms with E-state index in [2.05, 4.69) is 15.3 Å². The molecule has 3 aromatic rings. The second-order valence-corrected chi connectivity index (χ2v) is 7.54. The summed E-state index contributed by atoms with van der Waals surface area (Å²) in [6.45, 7) is 2.41. The maximum atomic E-state index is 12.3. The fourth-order valence-corrected chi connectivity index (χ4v) is 3.99. The van der Waals surface area contributed by atoms with Crippen molar-refractivity contribution >= 4 is 17.2 Å². The van der Waals surface area contributed by atoms with Gasteiger partial charge in [0.05, 0.1) is 15.6 Å². The van der Waals surface area contributed by atoms with Gasteiger partial charge in [0.15, 0.2) is 0 Å². The first-order chi connectivity index (χ1) is 13.2. The number of nitrogens with two attached hydrogens (primary N) is 1. The zero-order valence-electron chi connectivity index (χ0n) is 15.4. The molecule has 0 fully saturated rings. The third-order valence-corrected chi connectivity index (χ3v) is 5.57. The molecule has 0 aliphatic heterocycles. The third-order valence-electron chi connectivity index (χ3n) is 4.31. The van der Waals surface area contributed by atoms with E-state index in [9.17, 15) is 4.79 Å². The van der Waals surface area contributed by atoms with Gasteiger partial charge in [-0.1, -0.05) is 36.4 Å². The van der Waals surface area contributed by atoms with Crippen LogP contribution in [0.3, 0.4) is 0 Å². The minimum atomic E-state index is -0.0520. The number of nitrogens with zero attached hydrogens (tertiary/aromatic N) is 2. The molecular weight excluding hydrogens is 356 g/mol. The third kappa shape index (κ3) is 5.45. The molecule has 3 N–H and O–H groups in total. The zero-order valence-corrected chi connectivity index (χ0v) is 16.2. The van der Waals surface area contributed by atoms with Crippen molar-refractivity contribution in [2.24, 2.45) is 5.73 Å². The first-order valence-electron chi connectivity index (χ1n) is 9.05. The lowest BCUT2D eigenvalue weighted by atomic mass is 10.1. The topological polar surface area (TPSA) is 80.9 Å². The number of hydrogen-bond acceptors (Lipinski definition) is 5. The molecule has 0 aliphatic carbocycles. The summed E-state index contributed by atoms with van der Waals surface area (Å²) in [4.78, 5) is 22.2. The summed E-state index contributed by atoms with van der Waals surface area (Å²) in [7, 11) is 0. The molecule has 0 spiro atoms. The van der Waals surface area contributed by atoms with Crippen molar-refractivity contribution in [3.63, 3.8) is 0 Å². The minimum absolute atomic E-state index is 0.0113. The van der Waals surface area contributed by atoms with Crippen molar-refractivity contribution in [1.29, 1.82) is 0 Å². The van der Waals surface area contributed by atoms with Crippen LogP contribution in [0.5, 0.6) is 0 Å². The quantitative estimate of drug-likeness (QED) is 0.629. The fraction of sp³-hybridized carbons (Fsp3) is 0.286. The number of carbonyl (C=O) groups is 1. The summed E-state index contributed by atoms with van der Waals surface area (Å²) in [6, 6.07) is 14.0. The molecule has 3 rings (SSSR count). The Kier molecular flexibility index (Phi) is 6.68. The van der Waals surface area contributed by atoms with Crippen molar-refractivity contribution in [3.8, 4) is 10.4 Å². The predicted molar refractivity (Wildman–Crippen MR) is 110 cm³/mol. The van der Waals surface area contributed by atoms with E-state index in [0.29, 0.717) is 19.4 Å². The Morgan fingerprint density at radius 2 is 2.04 bits per heavy atom. The van der Waals surface area contributed by atoms with Crippen LogP contribution in [0, 0.1) is 6.92 Å². The molecule has 0 saturated heterocycles. The molecule has 1 unspecified atom stereocenters. The Morgan fingerprint density at radius 3 is 2.74 bits per heavy atom. The van der Waals surface area contributed by atoms with E-state index in [0.717, 1.165) is 27.6 Å². The number of nitrogens with one attached hydrogen (secondary N) is 1. The van der Waals surface area contributed by atoms with E-state index in [4.69, 9.17) is 5.73 Å². The lowest BCUT2D eigenvalue weighted by molar-refractivity contribution is -0.121.